The summed E-state index contributed by atoms with van der Waals surface area (Å²) in [5.74, 6) is 0. The van der Waals surface area contributed by atoms with Crippen LogP contribution in [0.15, 0.2) is 182 Å². The maximum atomic E-state index is 4.54. The average Bonchev–Trinajstić information content (AvgIpc) is 3.05. The van der Waals surface area contributed by atoms with E-state index in [-0.39, 0.29) is 21.1 Å². The van der Waals surface area contributed by atoms with Gasteiger partial charge >= 0.3 is 21.1 Å². The summed E-state index contributed by atoms with van der Waals surface area (Å²) in [4.78, 5) is 0. The normalized spacial score (nSPS) is 10.2. The molecule has 6 rings (SSSR count). The van der Waals surface area contributed by atoms with Crippen LogP contribution in [-0.4, -0.2) is 0 Å². The fourth-order valence-electron chi connectivity index (χ4n) is 4.36. The van der Waals surface area contributed by atoms with Crippen LogP contribution >= 0.6 is 15.8 Å². The Hall–Kier alpha value is -2.78. The predicted octanol–water partition coefficient (Wildman–Crippen LogP) is 7.99. The van der Waals surface area contributed by atoms with Gasteiger partial charge < -0.3 is 17.9 Å². The summed E-state index contributed by atoms with van der Waals surface area (Å²) in [5.41, 5.74) is 0. The Morgan fingerprint density at radius 1 is 0.326 bits per heavy atom. The molecule has 0 bridgehead atoms. The molecule has 218 valence electrons. The van der Waals surface area contributed by atoms with Crippen LogP contribution in [0.4, 0.5) is 0 Å². The Morgan fingerprint density at radius 2 is 0.442 bits per heavy atom. The van der Waals surface area contributed by atoms with Gasteiger partial charge in [0, 0.05) is 0 Å². The van der Waals surface area contributed by atoms with Gasteiger partial charge in [0.05, 0.1) is 0 Å². The number of hydrogen-bond acceptors (Lipinski definition) is 1. The molecular weight excluding hydrogens is 758 g/mol. The van der Waals surface area contributed by atoms with Crippen LogP contribution in [0.2, 0.25) is 0 Å². The summed E-state index contributed by atoms with van der Waals surface area (Å²) in [6.07, 6.45) is 0. The van der Waals surface area contributed by atoms with Gasteiger partial charge in [-0.15, -0.1) is 0 Å². The van der Waals surface area contributed by atoms with E-state index in [0.717, 1.165) is 5.25 Å². The topological polar surface area (TPSA) is 0 Å². The SMILES string of the molecule is C[C-](C)[S-].[Pt+2].c1ccc(P(c2ccccc2)c2ccccc2)cc1.c1ccc(P(c2ccccc2)c2ccccc2)cc1. The van der Waals surface area contributed by atoms with Crippen molar-refractivity contribution in [3.05, 3.63) is 187 Å². The van der Waals surface area contributed by atoms with E-state index >= 15 is 0 Å². The van der Waals surface area contributed by atoms with Crippen molar-refractivity contribution in [3.63, 3.8) is 0 Å². The molecule has 0 aliphatic heterocycles. The van der Waals surface area contributed by atoms with Crippen molar-refractivity contribution in [1.82, 2.24) is 0 Å². The van der Waals surface area contributed by atoms with Gasteiger partial charge in [-0.2, -0.15) is 0 Å². The number of hydrogen-bond donors (Lipinski definition) is 0. The molecule has 0 aromatic heterocycles. The van der Waals surface area contributed by atoms with Crippen LogP contribution in [0.25, 0.3) is 0 Å². The van der Waals surface area contributed by atoms with Crippen LogP contribution in [0.5, 0.6) is 0 Å². The summed E-state index contributed by atoms with van der Waals surface area (Å²) in [6.45, 7) is 3.80. The molecule has 4 heteroatoms. The molecule has 6 aromatic carbocycles. The molecule has 0 aliphatic carbocycles. The summed E-state index contributed by atoms with van der Waals surface area (Å²) >= 11 is 4.54. The Labute approximate surface area is 280 Å². The number of benzene rings is 6. The Morgan fingerprint density at radius 3 is 0.558 bits per heavy atom. The third-order valence-corrected chi connectivity index (χ3v) is 11.0. The van der Waals surface area contributed by atoms with Crippen molar-refractivity contribution in [2.75, 3.05) is 0 Å². The maximum absolute atomic E-state index is 4.54. The van der Waals surface area contributed by atoms with Gasteiger partial charge in [0.15, 0.2) is 0 Å². The third-order valence-electron chi connectivity index (χ3n) is 6.09. The second-order valence-corrected chi connectivity index (χ2v) is 14.8. The van der Waals surface area contributed by atoms with Crippen molar-refractivity contribution >= 4 is 60.3 Å². The first-order valence-corrected chi connectivity index (χ1v) is 17.1. The summed E-state index contributed by atoms with van der Waals surface area (Å²) < 4.78 is 0. The van der Waals surface area contributed by atoms with Gasteiger partial charge in [0.25, 0.3) is 0 Å². The Balaban J connectivity index is 0.000000206. The largest absolute Gasteiger partial charge is 2.00 e. The molecule has 0 unspecified atom stereocenters. The second kappa shape index (κ2) is 19.5. The molecule has 0 fully saturated rings. The zero-order valence-corrected chi connectivity index (χ0v) is 29.3. The Bertz CT molecular complexity index is 1230. The van der Waals surface area contributed by atoms with E-state index in [4.69, 9.17) is 0 Å². The van der Waals surface area contributed by atoms with Crippen LogP contribution in [0.3, 0.4) is 0 Å². The molecule has 6 aromatic rings. The van der Waals surface area contributed by atoms with Gasteiger partial charge in [0.1, 0.15) is 0 Å². The second-order valence-electron chi connectivity index (χ2n) is 9.59. The van der Waals surface area contributed by atoms with Gasteiger partial charge in [-0.25, -0.2) is 13.8 Å². The quantitative estimate of drug-likeness (QED) is 0.0937. The van der Waals surface area contributed by atoms with Crippen molar-refractivity contribution < 1.29 is 21.1 Å². The minimum Gasteiger partial charge on any atom is -1.01 e. The first-order valence-electron chi connectivity index (χ1n) is 14.0. The molecular formula is C39H36P2PtS. The van der Waals surface area contributed by atoms with Gasteiger partial charge in [-0.1, -0.05) is 182 Å². The van der Waals surface area contributed by atoms with Crippen LogP contribution < -0.4 is 31.8 Å². The smallest absolute Gasteiger partial charge is 1.01 e. The standard InChI is InChI=1S/2C18H15P.C3H6S.Pt/c2*1-4-10-16(11-5-1)19(17-12-6-2-7-13-17)18-14-8-3-9-15-18;1-3(2)4;/h2*1-15H;1-2H3;/q;;-2;+2. The van der Waals surface area contributed by atoms with Gasteiger partial charge in [-0.3, -0.25) is 0 Å². The Kier molecular flexibility index (Phi) is 15.7. The fraction of sp³-hybridized carbons (Fsp3) is 0.0513. The summed E-state index contributed by atoms with van der Waals surface area (Å²) in [5, 5.41) is 9.39. The third kappa shape index (κ3) is 11.3. The van der Waals surface area contributed by atoms with Crippen molar-refractivity contribution in [2.24, 2.45) is 0 Å². The monoisotopic (exact) mass is 793 g/mol. The first-order chi connectivity index (χ1) is 20.6. The predicted molar refractivity (Wildman–Crippen MR) is 192 cm³/mol. The molecule has 0 amide bonds. The van der Waals surface area contributed by atoms with Crippen molar-refractivity contribution in [2.45, 2.75) is 13.8 Å². The molecule has 0 atom stereocenters. The van der Waals surface area contributed by atoms with Crippen LogP contribution in [0, 0.1) is 5.25 Å². The van der Waals surface area contributed by atoms with E-state index in [1.165, 1.54) is 31.8 Å². The first kappa shape index (κ1) is 34.7. The maximum Gasteiger partial charge on any atom is 2.00 e. The van der Waals surface area contributed by atoms with E-state index in [1.54, 1.807) is 0 Å². The molecule has 0 heterocycles. The van der Waals surface area contributed by atoms with E-state index < -0.39 is 15.8 Å². The molecule has 0 spiro atoms. The average molecular weight is 794 g/mol. The zero-order chi connectivity index (χ0) is 29.4. The van der Waals surface area contributed by atoms with Crippen molar-refractivity contribution in [1.29, 1.82) is 0 Å². The zero-order valence-electron chi connectivity index (χ0n) is 24.4. The minimum absolute atomic E-state index is 0. The minimum atomic E-state index is -0.446. The molecule has 0 nitrogen and oxygen atoms in total. The van der Waals surface area contributed by atoms with Crippen LogP contribution in [-0.2, 0) is 33.7 Å². The van der Waals surface area contributed by atoms with Crippen molar-refractivity contribution in [3.8, 4) is 0 Å². The van der Waals surface area contributed by atoms with Crippen LogP contribution in [0.1, 0.15) is 13.8 Å². The molecule has 0 saturated carbocycles. The van der Waals surface area contributed by atoms with E-state index in [9.17, 15) is 0 Å². The van der Waals surface area contributed by atoms with Gasteiger partial charge in [-0.05, 0) is 47.7 Å². The molecule has 0 radical (unpaired) electrons. The van der Waals surface area contributed by atoms with E-state index in [1.807, 2.05) is 13.8 Å². The molecule has 0 N–H and O–H groups in total. The fourth-order valence-corrected chi connectivity index (χ4v) is 8.97. The van der Waals surface area contributed by atoms with E-state index in [0.29, 0.717) is 0 Å². The van der Waals surface area contributed by atoms with Gasteiger partial charge in [0.2, 0.25) is 0 Å². The van der Waals surface area contributed by atoms with E-state index in [2.05, 4.69) is 195 Å². The molecule has 0 saturated heterocycles. The molecule has 43 heavy (non-hydrogen) atoms. The summed E-state index contributed by atoms with van der Waals surface area (Å²) in [7, 11) is -0.892. The molecule has 0 aliphatic rings. The number of rotatable bonds is 6. The summed E-state index contributed by atoms with van der Waals surface area (Å²) in [6, 6.07) is 64.7.